The van der Waals surface area contributed by atoms with Gasteiger partial charge in [0.1, 0.15) is 17.6 Å². The van der Waals surface area contributed by atoms with Crippen molar-refractivity contribution in [3.05, 3.63) is 58.7 Å². The molecule has 1 aliphatic heterocycles. The highest BCUT2D eigenvalue weighted by molar-refractivity contribution is 14.0. The molecular formula is C21H28IN3O2. The van der Waals surface area contributed by atoms with E-state index in [1.165, 1.54) is 16.7 Å². The molecule has 146 valence electrons. The van der Waals surface area contributed by atoms with Gasteiger partial charge in [0, 0.05) is 37.7 Å². The van der Waals surface area contributed by atoms with E-state index >= 15 is 0 Å². The van der Waals surface area contributed by atoms with Gasteiger partial charge in [-0.2, -0.15) is 0 Å². The summed E-state index contributed by atoms with van der Waals surface area (Å²) in [4.78, 5) is 4.31. The molecule has 6 heteroatoms. The highest BCUT2D eigenvalue weighted by Gasteiger charge is 2.21. The van der Waals surface area contributed by atoms with Crippen molar-refractivity contribution >= 4 is 29.9 Å². The number of hydrogen-bond acceptors (Lipinski definition) is 3. The van der Waals surface area contributed by atoms with Crippen LogP contribution in [0.2, 0.25) is 0 Å². The van der Waals surface area contributed by atoms with Gasteiger partial charge < -0.3 is 20.1 Å². The number of aryl methyl sites for hydroxylation is 1. The lowest BCUT2D eigenvalue weighted by Crippen LogP contribution is -2.36. The quantitative estimate of drug-likeness (QED) is 0.388. The number of aliphatic imine (C=N–C) groups is 1. The van der Waals surface area contributed by atoms with Crippen molar-refractivity contribution in [1.82, 2.24) is 10.6 Å². The summed E-state index contributed by atoms with van der Waals surface area (Å²) in [7, 11) is 3.48. The van der Waals surface area contributed by atoms with E-state index in [1.54, 1.807) is 14.2 Å². The van der Waals surface area contributed by atoms with Crippen molar-refractivity contribution in [2.24, 2.45) is 4.99 Å². The maximum atomic E-state index is 5.87. The van der Waals surface area contributed by atoms with E-state index in [0.717, 1.165) is 36.0 Å². The number of hydrogen-bond donors (Lipinski definition) is 2. The number of rotatable bonds is 5. The standard InChI is InChI=1S/C21H27N3O2.HI/c1-14-7-5-6-8-16(14)12-23-21(22-3)24-13-18-11-20-17(9-15(2)26-20)10-19(18)25-4;/h5-8,10-11,15H,9,12-13H2,1-4H3,(H2,22,23,24);1H. The third kappa shape index (κ3) is 5.28. The lowest BCUT2D eigenvalue weighted by atomic mass is 10.1. The average molecular weight is 481 g/mol. The van der Waals surface area contributed by atoms with Crippen LogP contribution in [0.1, 0.15) is 29.2 Å². The van der Waals surface area contributed by atoms with E-state index < -0.39 is 0 Å². The van der Waals surface area contributed by atoms with Gasteiger partial charge in [0.15, 0.2) is 5.96 Å². The van der Waals surface area contributed by atoms with Crippen molar-refractivity contribution in [3.8, 4) is 11.5 Å². The fourth-order valence-corrected chi connectivity index (χ4v) is 3.20. The Hall–Kier alpha value is -1.96. The third-order valence-corrected chi connectivity index (χ3v) is 4.68. The van der Waals surface area contributed by atoms with Gasteiger partial charge in [-0.25, -0.2) is 0 Å². The highest BCUT2D eigenvalue weighted by atomic mass is 127. The van der Waals surface area contributed by atoms with Crippen LogP contribution in [-0.2, 0) is 19.5 Å². The summed E-state index contributed by atoms with van der Waals surface area (Å²) in [6, 6.07) is 12.5. The van der Waals surface area contributed by atoms with Gasteiger partial charge in [-0.15, -0.1) is 24.0 Å². The second kappa shape index (κ2) is 9.82. The average Bonchev–Trinajstić information content (AvgIpc) is 3.01. The molecule has 0 bridgehead atoms. The van der Waals surface area contributed by atoms with Crippen LogP contribution in [0.25, 0.3) is 0 Å². The normalized spacial score (nSPS) is 15.4. The second-order valence-electron chi connectivity index (χ2n) is 6.61. The molecule has 2 aromatic rings. The van der Waals surface area contributed by atoms with E-state index in [9.17, 15) is 0 Å². The number of fused-ring (bicyclic) bond motifs is 1. The largest absolute Gasteiger partial charge is 0.496 e. The fraction of sp³-hybridized carbons (Fsp3) is 0.381. The van der Waals surface area contributed by atoms with Gasteiger partial charge in [0.25, 0.3) is 0 Å². The summed E-state index contributed by atoms with van der Waals surface area (Å²) in [6.07, 6.45) is 1.15. The zero-order valence-corrected chi connectivity index (χ0v) is 18.7. The summed E-state index contributed by atoms with van der Waals surface area (Å²) in [5.41, 5.74) is 4.79. The van der Waals surface area contributed by atoms with Crippen LogP contribution in [0.4, 0.5) is 0 Å². The first-order valence-electron chi connectivity index (χ1n) is 8.96. The van der Waals surface area contributed by atoms with Crippen molar-refractivity contribution in [1.29, 1.82) is 0 Å². The number of guanidine groups is 1. The van der Waals surface area contributed by atoms with E-state index in [2.05, 4.69) is 65.9 Å². The molecule has 0 spiro atoms. The molecule has 0 radical (unpaired) electrons. The number of nitrogens with zero attached hydrogens (tertiary/aromatic N) is 1. The molecule has 1 atom stereocenters. The first-order valence-corrected chi connectivity index (χ1v) is 8.96. The lowest BCUT2D eigenvalue weighted by Gasteiger charge is -2.15. The summed E-state index contributed by atoms with van der Waals surface area (Å²) >= 11 is 0. The molecular weight excluding hydrogens is 453 g/mol. The summed E-state index contributed by atoms with van der Waals surface area (Å²) in [6.45, 7) is 5.54. The van der Waals surface area contributed by atoms with Gasteiger partial charge in [-0.3, -0.25) is 4.99 Å². The number of halogens is 1. The zero-order chi connectivity index (χ0) is 18.5. The number of nitrogens with one attached hydrogen (secondary N) is 2. The second-order valence-corrected chi connectivity index (χ2v) is 6.61. The molecule has 0 fully saturated rings. The number of methoxy groups -OCH3 is 1. The maximum absolute atomic E-state index is 5.87. The maximum Gasteiger partial charge on any atom is 0.191 e. The molecule has 2 aromatic carbocycles. The first kappa shape index (κ1) is 21.3. The smallest absolute Gasteiger partial charge is 0.191 e. The van der Waals surface area contributed by atoms with Crippen LogP contribution < -0.4 is 20.1 Å². The van der Waals surface area contributed by atoms with Crippen LogP contribution in [-0.4, -0.2) is 26.2 Å². The van der Waals surface area contributed by atoms with E-state index in [1.807, 2.05) is 0 Å². The molecule has 3 rings (SSSR count). The van der Waals surface area contributed by atoms with Gasteiger partial charge in [0.05, 0.1) is 7.11 Å². The topological polar surface area (TPSA) is 54.9 Å². The molecule has 1 unspecified atom stereocenters. The lowest BCUT2D eigenvalue weighted by molar-refractivity contribution is 0.254. The molecule has 0 saturated heterocycles. The van der Waals surface area contributed by atoms with Gasteiger partial charge >= 0.3 is 0 Å². The van der Waals surface area contributed by atoms with Crippen LogP contribution in [0, 0.1) is 6.92 Å². The van der Waals surface area contributed by atoms with Crippen molar-refractivity contribution in [3.63, 3.8) is 0 Å². The van der Waals surface area contributed by atoms with Crippen molar-refractivity contribution in [2.45, 2.75) is 39.5 Å². The molecule has 0 saturated carbocycles. The predicted molar refractivity (Wildman–Crippen MR) is 120 cm³/mol. The van der Waals surface area contributed by atoms with Crippen LogP contribution in [0.3, 0.4) is 0 Å². The molecule has 1 aliphatic rings. The molecule has 5 nitrogen and oxygen atoms in total. The number of benzene rings is 2. The summed E-state index contributed by atoms with van der Waals surface area (Å²) in [5, 5.41) is 6.72. The van der Waals surface area contributed by atoms with Crippen LogP contribution in [0.15, 0.2) is 41.4 Å². The Morgan fingerprint density at radius 1 is 1.19 bits per heavy atom. The Morgan fingerprint density at radius 3 is 2.56 bits per heavy atom. The minimum absolute atomic E-state index is 0. The Balaban J connectivity index is 0.00000261. The molecule has 0 aliphatic carbocycles. The monoisotopic (exact) mass is 481 g/mol. The predicted octanol–water partition coefficient (Wildman–Crippen LogP) is 3.81. The zero-order valence-electron chi connectivity index (χ0n) is 16.3. The van der Waals surface area contributed by atoms with Gasteiger partial charge in [0.2, 0.25) is 0 Å². The van der Waals surface area contributed by atoms with Crippen molar-refractivity contribution < 1.29 is 9.47 Å². The van der Waals surface area contributed by atoms with Crippen molar-refractivity contribution in [2.75, 3.05) is 14.2 Å². The Labute approximate surface area is 178 Å². The summed E-state index contributed by atoms with van der Waals surface area (Å²) in [5.74, 6) is 2.59. The number of ether oxygens (including phenoxy) is 2. The third-order valence-electron chi connectivity index (χ3n) is 4.68. The molecule has 0 aromatic heterocycles. The van der Waals surface area contributed by atoms with Crippen LogP contribution >= 0.6 is 24.0 Å². The van der Waals surface area contributed by atoms with E-state index in [0.29, 0.717) is 6.54 Å². The SMILES string of the molecule is CN=C(NCc1ccccc1C)NCc1cc2c(cc1OC)CC(C)O2.I. The Bertz CT molecular complexity index is 808. The molecule has 27 heavy (non-hydrogen) atoms. The van der Waals surface area contributed by atoms with E-state index in [-0.39, 0.29) is 30.1 Å². The van der Waals surface area contributed by atoms with Gasteiger partial charge in [-0.1, -0.05) is 24.3 Å². The highest BCUT2D eigenvalue weighted by Crippen LogP contribution is 2.34. The summed E-state index contributed by atoms with van der Waals surface area (Å²) < 4.78 is 11.4. The Kier molecular flexibility index (Phi) is 7.77. The molecule has 0 amide bonds. The Morgan fingerprint density at radius 2 is 1.89 bits per heavy atom. The van der Waals surface area contributed by atoms with Gasteiger partial charge in [-0.05, 0) is 37.1 Å². The van der Waals surface area contributed by atoms with Crippen LogP contribution in [0.5, 0.6) is 11.5 Å². The minimum Gasteiger partial charge on any atom is -0.496 e. The minimum atomic E-state index is 0. The fourth-order valence-electron chi connectivity index (χ4n) is 3.20. The molecule has 2 N–H and O–H groups in total. The van der Waals surface area contributed by atoms with E-state index in [4.69, 9.17) is 9.47 Å². The first-order chi connectivity index (χ1) is 12.6. The molecule has 1 heterocycles.